The van der Waals surface area contributed by atoms with Gasteiger partial charge in [-0.1, -0.05) is 73.9 Å². The first-order valence-electron chi connectivity index (χ1n) is 6.84. The molecule has 108 valence electrons. The normalized spacial score (nSPS) is 13.8. The van der Waals surface area contributed by atoms with Crippen LogP contribution >= 0.6 is 11.6 Å². The number of halogens is 1. The highest BCUT2D eigenvalue weighted by Gasteiger charge is 2.35. The van der Waals surface area contributed by atoms with Gasteiger partial charge in [0.15, 0.2) is 5.15 Å². The van der Waals surface area contributed by atoms with Crippen molar-refractivity contribution in [3.8, 4) is 0 Å². The summed E-state index contributed by atoms with van der Waals surface area (Å²) in [6.45, 7) is 19.7. The van der Waals surface area contributed by atoms with Crippen LogP contribution in [-0.2, 0) is 16.2 Å². The zero-order valence-electron chi connectivity index (χ0n) is 13.8. The molecule has 0 aromatic carbocycles. The second-order valence-corrected chi connectivity index (χ2v) is 8.70. The van der Waals surface area contributed by atoms with Crippen LogP contribution in [-0.4, -0.2) is 10.2 Å². The smallest absolute Gasteiger partial charge is 0.153 e. The average Bonchev–Trinajstić information content (AvgIpc) is 2.11. The quantitative estimate of drug-likeness (QED) is 0.667. The summed E-state index contributed by atoms with van der Waals surface area (Å²) in [5.41, 5.74) is 3.32. The molecular formula is C16H27ClN2. The number of rotatable bonds is 0. The van der Waals surface area contributed by atoms with Crippen molar-refractivity contribution in [3.05, 3.63) is 22.0 Å². The van der Waals surface area contributed by atoms with Gasteiger partial charge in [-0.2, -0.15) is 5.10 Å². The first-order valence-corrected chi connectivity index (χ1v) is 7.21. The molecule has 19 heavy (non-hydrogen) atoms. The molecule has 0 saturated carbocycles. The Morgan fingerprint density at radius 1 is 0.632 bits per heavy atom. The standard InChI is InChI=1S/C16H27ClN2/c1-14(2,3)10-11(15(4,5)6)13(17)19-18-12(10)16(7,8)9/h1-9H3. The highest BCUT2D eigenvalue weighted by Crippen LogP contribution is 2.41. The third-order valence-electron chi connectivity index (χ3n) is 3.14. The Kier molecular flexibility index (Phi) is 4.09. The molecule has 0 fully saturated rings. The maximum absolute atomic E-state index is 6.37. The molecule has 0 aliphatic carbocycles. The number of hydrogen-bond acceptors (Lipinski definition) is 2. The lowest BCUT2D eigenvalue weighted by Crippen LogP contribution is -2.30. The maximum atomic E-state index is 6.37. The molecule has 1 aromatic heterocycles. The minimum Gasteiger partial charge on any atom is -0.153 e. The predicted octanol–water partition coefficient (Wildman–Crippen LogP) is 5.02. The van der Waals surface area contributed by atoms with E-state index in [1.165, 1.54) is 5.56 Å². The monoisotopic (exact) mass is 282 g/mol. The Labute approximate surface area is 123 Å². The molecule has 0 N–H and O–H groups in total. The zero-order chi connectivity index (χ0) is 15.2. The Hall–Kier alpha value is -0.630. The summed E-state index contributed by atoms with van der Waals surface area (Å²) in [5, 5.41) is 9.14. The molecule has 0 spiro atoms. The maximum Gasteiger partial charge on any atom is 0.155 e. The second kappa shape index (κ2) is 4.73. The van der Waals surface area contributed by atoms with E-state index in [1.54, 1.807) is 0 Å². The van der Waals surface area contributed by atoms with E-state index in [2.05, 4.69) is 72.5 Å². The van der Waals surface area contributed by atoms with Gasteiger partial charge in [0.2, 0.25) is 0 Å². The fraction of sp³-hybridized carbons (Fsp3) is 0.750. The Morgan fingerprint density at radius 2 is 1.05 bits per heavy atom. The molecule has 0 unspecified atom stereocenters. The lowest BCUT2D eigenvalue weighted by atomic mass is 9.71. The van der Waals surface area contributed by atoms with E-state index >= 15 is 0 Å². The van der Waals surface area contributed by atoms with Gasteiger partial charge in [0.1, 0.15) is 0 Å². The summed E-state index contributed by atoms with van der Waals surface area (Å²) in [6.07, 6.45) is 0. The first kappa shape index (κ1) is 16.4. The van der Waals surface area contributed by atoms with Gasteiger partial charge in [-0.25, -0.2) is 0 Å². The van der Waals surface area contributed by atoms with Gasteiger partial charge < -0.3 is 0 Å². The van der Waals surface area contributed by atoms with Crippen molar-refractivity contribution in [3.63, 3.8) is 0 Å². The summed E-state index contributed by atoms with van der Waals surface area (Å²) in [6, 6.07) is 0. The van der Waals surface area contributed by atoms with Gasteiger partial charge in [0.25, 0.3) is 0 Å². The van der Waals surface area contributed by atoms with Gasteiger partial charge >= 0.3 is 0 Å². The summed E-state index contributed by atoms with van der Waals surface area (Å²) in [4.78, 5) is 0. The van der Waals surface area contributed by atoms with Crippen molar-refractivity contribution in [1.82, 2.24) is 10.2 Å². The molecule has 0 amide bonds. The van der Waals surface area contributed by atoms with Gasteiger partial charge in [-0.3, -0.25) is 0 Å². The fourth-order valence-electron chi connectivity index (χ4n) is 2.36. The summed E-state index contributed by atoms with van der Waals surface area (Å²) in [5.74, 6) is 0. The lowest BCUT2D eigenvalue weighted by Gasteiger charge is -2.35. The van der Waals surface area contributed by atoms with Crippen LogP contribution in [0.3, 0.4) is 0 Å². The molecule has 1 aromatic rings. The second-order valence-electron chi connectivity index (χ2n) is 8.34. The van der Waals surface area contributed by atoms with E-state index in [0.717, 1.165) is 11.3 Å². The van der Waals surface area contributed by atoms with E-state index < -0.39 is 0 Å². The van der Waals surface area contributed by atoms with Crippen molar-refractivity contribution < 1.29 is 0 Å². The van der Waals surface area contributed by atoms with Crippen LogP contribution in [0.25, 0.3) is 0 Å². The van der Waals surface area contributed by atoms with Crippen LogP contribution in [0, 0.1) is 0 Å². The molecule has 3 heteroatoms. The SMILES string of the molecule is CC(C)(C)c1nnc(Cl)c(C(C)(C)C)c1C(C)(C)C. The molecule has 1 heterocycles. The highest BCUT2D eigenvalue weighted by atomic mass is 35.5. The van der Waals surface area contributed by atoms with Crippen molar-refractivity contribution in [2.45, 2.75) is 78.6 Å². The van der Waals surface area contributed by atoms with Crippen molar-refractivity contribution in [2.75, 3.05) is 0 Å². The van der Waals surface area contributed by atoms with Crippen LogP contribution in [0.1, 0.15) is 79.1 Å². The predicted molar refractivity (Wildman–Crippen MR) is 83.1 cm³/mol. The minimum atomic E-state index is -0.0460. The Morgan fingerprint density at radius 3 is 1.37 bits per heavy atom. The van der Waals surface area contributed by atoms with Crippen molar-refractivity contribution >= 4 is 11.6 Å². The molecule has 0 aliphatic heterocycles. The summed E-state index contributed by atoms with van der Waals surface area (Å²) in [7, 11) is 0. The Balaban J connectivity index is 3.82. The van der Waals surface area contributed by atoms with Crippen molar-refractivity contribution in [1.29, 1.82) is 0 Å². The highest BCUT2D eigenvalue weighted by molar-refractivity contribution is 6.30. The van der Waals surface area contributed by atoms with Crippen molar-refractivity contribution in [2.24, 2.45) is 0 Å². The van der Waals surface area contributed by atoms with Crippen LogP contribution < -0.4 is 0 Å². The van der Waals surface area contributed by atoms with Gasteiger partial charge in [-0.15, -0.1) is 5.10 Å². The van der Waals surface area contributed by atoms with Gasteiger partial charge in [0, 0.05) is 11.0 Å². The number of nitrogens with zero attached hydrogens (tertiary/aromatic N) is 2. The number of aromatic nitrogens is 2. The molecule has 2 nitrogen and oxygen atoms in total. The molecule has 0 radical (unpaired) electrons. The zero-order valence-corrected chi connectivity index (χ0v) is 14.5. The first-order chi connectivity index (χ1) is 8.26. The van der Waals surface area contributed by atoms with E-state index in [4.69, 9.17) is 11.6 Å². The van der Waals surface area contributed by atoms with Crippen LogP contribution in [0.2, 0.25) is 5.15 Å². The van der Waals surface area contributed by atoms with E-state index in [0.29, 0.717) is 5.15 Å². The third-order valence-corrected chi connectivity index (χ3v) is 3.41. The van der Waals surface area contributed by atoms with Crippen LogP contribution in [0.4, 0.5) is 0 Å². The molecule has 1 rings (SSSR count). The molecular weight excluding hydrogens is 256 g/mol. The molecule has 0 saturated heterocycles. The summed E-state index contributed by atoms with van der Waals surface area (Å²) >= 11 is 6.37. The average molecular weight is 283 g/mol. The minimum absolute atomic E-state index is 0.00912. The van der Waals surface area contributed by atoms with E-state index in [1.807, 2.05) is 0 Å². The molecule has 0 bridgehead atoms. The fourth-order valence-corrected chi connectivity index (χ4v) is 2.77. The molecule has 0 aliphatic rings. The third kappa shape index (κ3) is 3.47. The Bertz CT molecular complexity index is 471. The van der Waals surface area contributed by atoms with Crippen LogP contribution in [0.5, 0.6) is 0 Å². The van der Waals surface area contributed by atoms with E-state index in [-0.39, 0.29) is 16.2 Å². The lowest BCUT2D eigenvalue weighted by molar-refractivity contribution is 0.476. The van der Waals surface area contributed by atoms with Gasteiger partial charge in [0.05, 0.1) is 5.69 Å². The van der Waals surface area contributed by atoms with Gasteiger partial charge in [-0.05, 0) is 16.4 Å². The number of hydrogen-bond donors (Lipinski definition) is 0. The topological polar surface area (TPSA) is 25.8 Å². The van der Waals surface area contributed by atoms with E-state index in [9.17, 15) is 0 Å². The molecule has 0 atom stereocenters. The van der Waals surface area contributed by atoms with Crippen LogP contribution in [0.15, 0.2) is 0 Å². The summed E-state index contributed by atoms with van der Waals surface area (Å²) < 4.78 is 0. The largest absolute Gasteiger partial charge is 0.155 e.